The highest BCUT2D eigenvalue weighted by Gasteiger charge is 2.12. The van der Waals surface area contributed by atoms with E-state index in [2.05, 4.69) is 10.3 Å². The minimum atomic E-state index is -0.0285. The van der Waals surface area contributed by atoms with Gasteiger partial charge in [0.05, 0.1) is 0 Å². The summed E-state index contributed by atoms with van der Waals surface area (Å²) in [5.41, 5.74) is 1.06. The molecule has 0 radical (unpaired) electrons. The quantitative estimate of drug-likeness (QED) is 0.943. The van der Waals surface area contributed by atoms with Crippen LogP contribution in [0.3, 0.4) is 0 Å². The van der Waals surface area contributed by atoms with Gasteiger partial charge in [-0.2, -0.15) is 0 Å². The molecular weight excluding hydrogens is 288 g/mol. The van der Waals surface area contributed by atoms with E-state index in [1.165, 1.54) is 11.3 Å². The molecule has 1 N–H and O–H groups in total. The maximum absolute atomic E-state index is 11.9. The summed E-state index contributed by atoms with van der Waals surface area (Å²) in [5.74, 6) is 1.50. The van der Waals surface area contributed by atoms with Crippen LogP contribution in [-0.2, 0) is 11.2 Å². The van der Waals surface area contributed by atoms with Crippen LogP contribution >= 0.6 is 11.3 Å². The van der Waals surface area contributed by atoms with Crippen molar-refractivity contribution in [2.75, 3.05) is 18.5 Å². The number of benzene rings is 1. The number of carbonyl (C=O) groups is 1. The number of rotatable bonds is 4. The molecule has 0 aliphatic carbocycles. The standard InChI is InChI=1S/C15H16N2O3S/c1-10-9-16-15(21-10)17-14(18)5-3-11-2-4-12-13(8-11)20-7-6-19-12/h2,4,8-9H,3,5-7H2,1H3,(H,16,17,18). The molecule has 0 unspecified atom stereocenters. The van der Waals surface area contributed by atoms with Crippen LogP contribution in [0.15, 0.2) is 24.4 Å². The van der Waals surface area contributed by atoms with E-state index in [1.807, 2.05) is 25.1 Å². The van der Waals surface area contributed by atoms with Crippen LogP contribution in [0, 0.1) is 6.92 Å². The predicted octanol–water partition coefficient (Wildman–Crippen LogP) is 2.79. The first-order valence-electron chi connectivity index (χ1n) is 6.81. The first-order valence-corrected chi connectivity index (χ1v) is 7.63. The van der Waals surface area contributed by atoms with Gasteiger partial charge >= 0.3 is 0 Å². The summed E-state index contributed by atoms with van der Waals surface area (Å²) >= 11 is 1.48. The number of ether oxygens (including phenoxy) is 2. The van der Waals surface area contributed by atoms with E-state index in [0.717, 1.165) is 21.9 Å². The number of hydrogen-bond acceptors (Lipinski definition) is 5. The maximum Gasteiger partial charge on any atom is 0.226 e. The highest BCUT2D eigenvalue weighted by atomic mass is 32.1. The van der Waals surface area contributed by atoms with Crippen LogP contribution in [0.4, 0.5) is 5.13 Å². The number of fused-ring (bicyclic) bond motifs is 1. The zero-order chi connectivity index (χ0) is 14.7. The van der Waals surface area contributed by atoms with Crippen molar-refractivity contribution in [3.05, 3.63) is 34.8 Å². The third-order valence-electron chi connectivity index (χ3n) is 3.11. The molecule has 0 saturated carbocycles. The molecular formula is C15H16N2O3S. The Kier molecular flexibility index (Phi) is 4.06. The minimum Gasteiger partial charge on any atom is -0.486 e. The van der Waals surface area contributed by atoms with Gasteiger partial charge in [0.1, 0.15) is 13.2 Å². The second-order valence-electron chi connectivity index (χ2n) is 4.80. The summed E-state index contributed by atoms with van der Waals surface area (Å²) < 4.78 is 11.0. The monoisotopic (exact) mass is 304 g/mol. The Morgan fingerprint density at radius 2 is 2.14 bits per heavy atom. The lowest BCUT2D eigenvalue weighted by Gasteiger charge is -2.18. The number of nitrogens with zero attached hydrogens (tertiary/aromatic N) is 1. The second-order valence-corrected chi connectivity index (χ2v) is 6.04. The van der Waals surface area contributed by atoms with Crippen molar-refractivity contribution in [2.24, 2.45) is 0 Å². The van der Waals surface area contributed by atoms with Crippen LogP contribution in [-0.4, -0.2) is 24.1 Å². The fourth-order valence-corrected chi connectivity index (χ4v) is 2.78. The molecule has 2 heterocycles. The smallest absolute Gasteiger partial charge is 0.226 e. The minimum absolute atomic E-state index is 0.0285. The molecule has 0 spiro atoms. The van der Waals surface area contributed by atoms with E-state index in [9.17, 15) is 4.79 Å². The molecule has 0 saturated heterocycles. The Hall–Kier alpha value is -2.08. The molecule has 3 rings (SSSR count). The summed E-state index contributed by atoms with van der Waals surface area (Å²) in [5, 5.41) is 3.46. The largest absolute Gasteiger partial charge is 0.486 e. The van der Waals surface area contributed by atoms with E-state index in [1.54, 1.807) is 6.20 Å². The van der Waals surface area contributed by atoms with Crippen LogP contribution < -0.4 is 14.8 Å². The van der Waals surface area contributed by atoms with Gasteiger partial charge in [-0.05, 0) is 31.0 Å². The average molecular weight is 304 g/mol. The molecule has 1 aliphatic rings. The lowest BCUT2D eigenvalue weighted by molar-refractivity contribution is -0.116. The van der Waals surface area contributed by atoms with Gasteiger partial charge in [-0.1, -0.05) is 6.07 Å². The summed E-state index contributed by atoms with van der Waals surface area (Å²) in [7, 11) is 0. The van der Waals surface area contributed by atoms with E-state index < -0.39 is 0 Å². The molecule has 110 valence electrons. The second kappa shape index (κ2) is 6.13. The van der Waals surface area contributed by atoms with Crippen LogP contribution in [0.25, 0.3) is 0 Å². The van der Waals surface area contributed by atoms with Crippen LogP contribution in [0.1, 0.15) is 16.9 Å². The number of nitrogens with one attached hydrogen (secondary N) is 1. The molecule has 2 aromatic rings. The SMILES string of the molecule is Cc1cnc(NC(=O)CCc2ccc3c(c2)OCCO3)s1. The zero-order valence-electron chi connectivity index (χ0n) is 11.7. The van der Waals surface area contributed by atoms with Crippen molar-refractivity contribution < 1.29 is 14.3 Å². The van der Waals surface area contributed by atoms with Crippen molar-refractivity contribution in [1.29, 1.82) is 0 Å². The van der Waals surface area contributed by atoms with Gasteiger partial charge in [0.2, 0.25) is 5.91 Å². The number of thiazole rings is 1. The predicted molar refractivity (Wildman–Crippen MR) is 81.2 cm³/mol. The van der Waals surface area contributed by atoms with Gasteiger partial charge in [0.25, 0.3) is 0 Å². The highest BCUT2D eigenvalue weighted by molar-refractivity contribution is 7.15. The van der Waals surface area contributed by atoms with Gasteiger partial charge in [-0.25, -0.2) is 4.98 Å². The Balaban J connectivity index is 1.56. The van der Waals surface area contributed by atoms with Gasteiger partial charge in [-0.3, -0.25) is 4.79 Å². The third kappa shape index (κ3) is 3.52. The summed E-state index contributed by atoms with van der Waals surface area (Å²) in [4.78, 5) is 17.1. The molecule has 0 atom stereocenters. The van der Waals surface area contributed by atoms with E-state index in [-0.39, 0.29) is 5.91 Å². The van der Waals surface area contributed by atoms with E-state index in [4.69, 9.17) is 9.47 Å². The van der Waals surface area contributed by atoms with Crippen molar-refractivity contribution in [3.8, 4) is 11.5 Å². The lowest BCUT2D eigenvalue weighted by Crippen LogP contribution is -2.15. The number of hydrogen-bond donors (Lipinski definition) is 1. The molecule has 21 heavy (non-hydrogen) atoms. The average Bonchev–Trinajstić information content (AvgIpc) is 2.90. The van der Waals surface area contributed by atoms with E-state index in [0.29, 0.717) is 31.2 Å². The fraction of sp³-hybridized carbons (Fsp3) is 0.333. The molecule has 1 amide bonds. The normalized spacial score (nSPS) is 13.0. The molecule has 1 aromatic carbocycles. The lowest BCUT2D eigenvalue weighted by atomic mass is 10.1. The molecule has 0 fully saturated rings. The Bertz CT molecular complexity index is 654. The van der Waals surface area contributed by atoms with Crippen molar-refractivity contribution in [3.63, 3.8) is 0 Å². The Labute approximate surface area is 126 Å². The van der Waals surface area contributed by atoms with Crippen LogP contribution in [0.2, 0.25) is 0 Å². The molecule has 0 bridgehead atoms. The van der Waals surface area contributed by atoms with Gasteiger partial charge in [0.15, 0.2) is 16.6 Å². The van der Waals surface area contributed by atoms with Gasteiger partial charge in [-0.15, -0.1) is 11.3 Å². The summed E-state index contributed by atoms with van der Waals surface area (Å²) in [6, 6.07) is 5.80. The van der Waals surface area contributed by atoms with Crippen molar-refractivity contribution >= 4 is 22.4 Å². The van der Waals surface area contributed by atoms with Gasteiger partial charge in [0, 0.05) is 17.5 Å². The first kappa shape index (κ1) is 13.9. The molecule has 1 aliphatic heterocycles. The maximum atomic E-state index is 11.9. The molecule has 6 heteroatoms. The van der Waals surface area contributed by atoms with Crippen LogP contribution in [0.5, 0.6) is 11.5 Å². The van der Waals surface area contributed by atoms with Crippen molar-refractivity contribution in [2.45, 2.75) is 19.8 Å². The molecule has 5 nitrogen and oxygen atoms in total. The van der Waals surface area contributed by atoms with Gasteiger partial charge < -0.3 is 14.8 Å². The number of carbonyl (C=O) groups excluding carboxylic acids is 1. The number of anilines is 1. The van der Waals surface area contributed by atoms with Crippen molar-refractivity contribution in [1.82, 2.24) is 4.98 Å². The van der Waals surface area contributed by atoms with E-state index >= 15 is 0 Å². The number of aromatic nitrogens is 1. The number of aryl methyl sites for hydroxylation is 2. The highest BCUT2D eigenvalue weighted by Crippen LogP contribution is 2.31. The fourth-order valence-electron chi connectivity index (χ4n) is 2.10. The third-order valence-corrected chi connectivity index (χ3v) is 3.94. The summed E-state index contributed by atoms with van der Waals surface area (Å²) in [6.45, 7) is 3.12. The Morgan fingerprint density at radius 3 is 2.90 bits per heavy atom. The topological polar surface area (TPSA) is 60.5 Å². The zero-order valence-corrected chi connectivity index (χ0v) is 12.5. The summed E-state index contributed by atoms with van der Waals surface area (Å²) in [6.07, 6.45) is 2.83. The number of amides is 1. The first-order chi connectivity index (χ1) is 10.2. The Morgan fingerprint density at radius 1 is 1.33 bits per heavy atom. The molecule has 1 aromatic heterocycles.